The van der Waals surface area contributed by atoms with Crippen LogP contribution in [0.5, 0.6) is 0 Å². The zero-order chi connectivity index (χ0) is 18.5. The van der Waals surface area contributed by atoms with Gasteiger partial charge in [-0.15, -0.1) is 0 Å². The van der Waals surface area contributed by atoms with Crippen molar-refractivity contribution in [2.45, 2.75) is 66.0 Å². The molecule has 1 rings (SSSR count). The summed E-state index contributed by atoms with van der Waals surface area (Å²) in [5.74, 6) is -0.306. The van der Waals surface area contributed by atoms with Gasteiger partial charge in [0.05, 0.1) is 10.7 Å². The van der Waals surface area contributed by atoms with Crippen molar-refractivity contribution in [1.82, 2.24) is 5.32 Å². The molecule has 5 heteroatoms. The first-order chi connectivity index (χ1) is 11.1. The highest BCUT2D eigenvalue weighted by Gasteiger charge is 2.35. The second kappa shape index (κ2) is 8.52. The molecule has 0 saturated heterocycles. The average molecular weight is 353 g/mol. The average Bonchev–Trinajstić information content (AvgIpc) is 2.43. The molecule has 0 saturated carbocycles. The molecule has 0 aliphatic carbocycles. The Labute approximate surface area is 150 Å². The van der Waals surface area contributed by atoms with E-state index in [0.29, 0.717) is 23.6 Å². The number of nitrogens with one attached hydrogen (secondary N) is 1. The Morgan fingerprint density at radius 3 is 2.25 bits per heavy atom. The van der Waals surface area contributed by atoms with Gasteiger partial charge in [-0.25, -0.2) is 0 Å². The Hall–Kier alpha value is -1.55. The normalized spacial score (nSPS) is 12.8. The molecule has 134 valence electrons. The highest BCUT2D eigenvalue weighted by molar-refractivity contribution is 6.34. The SMILES string of the molecule is CCCC(=O)N(c1ccccc1Cl)C(C(=O)NC(C)(C)C)C(C)C. The van der Waals surface area contributed by atoms with E-state index >= 15 is 0 Å². The van der Waals surface area contributed by atoms with E-state index in [9.17, 15) is 9.59 Å². The number of carbonyl (C=O) groups excluding carboxylic acids is 2. The fourth-order valence-electron chi connectivity index (χ4n) is 2.58. The zero-order valence-electron chi connectivity index (χ0n) is 15.5. The molecule has 0 aliphatic rings. The third-order valence-electron chi connectivity index (χ3n) is 3.52. The van der Waals surface area contributed by atoms with Gasteiger partial charge in [0, 0.05) is 12.0 Å². The summed E-state index contributed by atoms with van der Waals surface area (Å²) in [5.41, 5.74) is 0.213. The van der Waals surface area contributed by atoms with Crippen molar-refractivity contribution in [3.63, 3.8) is 0 Å². The topological polar surface area (TPSA) is 49.4 Å². The Balaban J connectivity index is 3.35. The molecule has 0 spiro atoms. The summed E-state index contributed by atoms with van der Waals surface area (Å²) in [4.78, 5) is 27.3. The number of nitrogens with zero attached hydrogens (tertiary/aromatic N) is 1. The maximum absolute atomic E-state index is 12.9. The molecule has 0 bridgehead atoms. The van der Waals surface area contributed by atoms with Crippen LogP contribution in [0.3, 0.4) is 0 Å². The molecule has 4 nitrogen and oxygen atoms in total. The van der Waals surface area contributed by atoms with E-state index < -0.39 is 6.04 Å². The van der Waals surface area contributed by atoms with Crippen LogP contribution in [-0.2, 0) is 9.59 Å². The van der Waals surface area contributed by atoms with Crippen LogP contribution in [-0.4, -0.2) is 23.4 Å². The molecule has 1 aromatic rings. The standard InChI is InChI=1S/C19H29ClN2O2/c1-7-10-16(23)22(15-12-9-8-11-14(15)20)17(13(2)3)18(24)21-19(4,5)6/h8-9,11-13,17H,7,10H2,1-6H3,(H,21,24). The molecule has 0 aromatic heterocycles. The van der Waals surface area contributed by atoms with Crippen molar-refractivity contribution in [1.29, 1.82) is 0 Å². The molecule has 1 N–H and O–H groups in total. The minimum Gasteiger partial charge on any atom is -0.350 e. The molecule has 0 aliphatic heterocycles. The van der Waals surface area contributed by atoms with Gasteiger partial charge >= 0.3 is 0 Å². The summed E-state index contributed by atoms with van der Waals surface area (Å²) in [6.07, 6.45) is 1.09. The molecule has 1 unspecified atom stereocenters. The number of amides is 2. The summed E-state index contributed by atoms with van der Waals surface area (Å²) in [5, 5.41) is 3.46. The van der Waals surface area contributed by atoms with E-state index in [0.717, 1.165) is 0 Å². The van der Waals surface area contributed by atoms with Crippen molar-refractivity contribution in [2.24, 2.45) is 5.92 Å². The van der Waals surface area contributed by atoms with Gasteiger partial charge in [-0.3, -0.25) is 14.5 Å². The predicted octanol–water partition coefficient (Wildman–Crippen LogP) is 4.41. The molecule has 24 heavy (non-hydrogen) atoms. The molecule has 1 atom stereocenters. The first-order valence-corrected chi connectivity index (χ1v) is 8.85. The minimum absolute atomic E-state index is 0.0515. The van der Waals surface area contributed by atoms with Gasteiger partial charge in [0.1, 0.15) is 6.04 Å². The van der Waals surface area contributed by atoms with Gasteiger partial charge in [0.2, 0.25) is 11.8 Å². The van der Waals surface area contributed by atoms with Gasteiger partial charge in [0.15, 0.2) is 0 Å². The fraction of sp³-hybridized carbons (Fsp3) is 0.579. The smallest absolute Gasteiger partial charge is 0.243 e. The van der Waals surface area contributed by atoms with Crippen molar-refractivity contribution < 1.29 is 9.59 Å². The fourth-order valence-corrected chi connectivity index (χ4v) is 2.81. The molecule has 0 heterocycles. The van der Waals surface area contributed by atoms with Crippen molar-refractivity contribution in [3.8, 4) is 0 Å². The van der Waals surface area contributed by atoms with Crippen LogP contribution in [0.1, 0.15) is 54.4 Å². The third-order valence-corrected chi connectivity index (χ3v) is 3.84. The van der Waals surface area contributed by atoms with Gasteiger partial charge in [-0.2, -0.15) is 0 Å². The quantitative estimate of drug-likeness (QED) is 0.824. The Bertz CT molecular complexity index is 579. The monoisotopic (exact) mass is 352 g/mol. The predicted molar refractivity (Wildman–Crippen MR) is 100 cm³/mol. The maximum Gasteiger partial charge on any atom is 0.243 e. The Morgan fingerprint density at radius 2 is 1.79 bits per heavy atom. The Kier molecular flexibility index (Phi) is 7.27. The number of benzene rings is 1. The number of para-hydroxylation sites is 1. The number of halogens is 1. The summed E-state index contributed by atoms with van der Waals surface area (Å²) < 4.78 is 0. The highest BCUT2D eigenvalue weighted by atomic mass is 35.5. The Morgan fingerprint density at radius 1 is 1.21 bits per heavy atom. The van der Waals surface area contributed by atoms with E-state index in [-0.39, 0.29) is 23.3 Å². The van der Waals surface area contributed by atoms with Crippen molar-refractivity contribution in [2.75, 3.05) is 4.90 Å². The third kappa shape index (κ3) is 5.52. The van der Waals surface area contributed by atoms with Crippen LogP contribution >= 0.6 is 11.6 Å². The molecular formula is C19H29ClN2O2. The van der Waals surface area contributed by atoms with E-state index in [4.69, 9.17) is 11.6 Å². The van der Waals surface area contributed by atoms with Crippen LogP contribution in [0.25, 0.3) is 0 Å². The van der Waals surface area contributed by atoms with Gasteiger partial charge in [0.25, 0.3) is 0 Å². The van der Waals surface area contributed by atoms with Crippen LogP contribution in [0.15, 0.2) is 24.3 Å². The lowest BCUT2D eigenvalue weighted by Crippen LogP contribution is -2.56. The lowest BCUT2D eigenvalue weighted by molar-refractivity contribution is -0.128. The summed E-state index contributed by atoms with van der Waals surface area (Å²) in [7, 11) is 0. The number of rotatable bonds is 6. The van der Waals surface area contributed by atoms with Gasteiger partial charge in [-0.1, -0.05) is 44.5 Å². The van der Waals surface area contributed by atoms with Crippen molar-refractivity contribution in [3.05, 3.63) is 29.3 Å². The first kappa shape index (κ1) is 20.5. The maximum atomic E-state index is 12.9. The number of hydrogen-bond donors (Lipinski definition) is 1. The van der Waals surface area contributed by atoms with E-state index in [2.05, 4.69) is 5.32 Å². The largest absolute Gasteiger partial charge is 0.350 e. The second-order valence-corrected chi connectivity index (χ2v) is 7.80. The van der Waals surface area contributed by atoms with Crippen LogP contribution in [0.4, 0.5) is 5.69 Å². The van der Waals surface area contributed by atoms with Gasteiger partial charge < -0.3 is 5.32 Å². The van der Waals surface area contributed by atoms with E-state index in [1.54, 1.807) is 17.0 Å². The number of anilines is 1. The van der Waals surface area contributed by atoms with Crippen molar-refractivity contribution >= 4 is 29.1 Å². The first-order valence-electron chi connectivity index (χ1n) is 8.47. The van der Waals surface area contributed by atoms with Crippen LogP contribution in [0.2, 0.25) is 5.02 Å². The second-order valence-electron chi connectivity index (χ2n) is 7.39. The molecule has 2 amide bonds. The molecule has 0 radical (unpaired) electrons. The molecule has 1 aromatic carbocycles. The molecule has 0 fully saturated rings. The van der Waals surface area contributed by atoms with E-state index in [1.165, 1.54) is 0 Å². The van der Waals surface area contributed by atoms with E-state index in [1.807, 2.05) is 53.7 Å². The van der Waals surface area contributed by atoms with Gasteiger partial charge in [-0.05, 0) is 45.2 Å². The molecular weight excluding hydrogens is 324 g/mol. The summed E-state index contributed by atoms with van der Waals surface area (Å²) >= 11 is 6.32. The lowest BCUT2D eigenvalue weighted by atomic mass is 9.98. The number of carbonyl (C=O) groups is 2. The van der Waals surface area contributed by atoms with Crippen LogP contribution in [0, 0.1) is 5.92 Å². The summed E-state index contributed by atoms with van der Waals surface area (Å²) in [6, 6.07) is 6.56. The zero-order valence-corrected chi connectivity index (χ0v) is 16.3. The highest BCUT2D eigenvalue weighted by Crippen LogP contribution is 2.30. The lowest BCUT2D eigenvalue weighted by Gasteiger charge is -2.36. The summed E-state index contributed by atoms with van der Waals surface area (Å²) in [6.45, 7) is 11.6. The minimum atomic E-state index is -0.608. The van der Waals surface area contributed by atoms with Crippen LogP contribution < -0.4 is 10.2 Å². The number of hydrogen-bond acceptors (Lipinski definition) is 2.